The van der Waals surface area contributed by atoms with Crippen LogP contribution in [0.25, 0.3) is 0 Å². The molecule has 0 bridgehead atoms. The molecule has 0 aliphatic carbocycles. The Balaban J connectivity index is 2.38. The van der Waals surface area contributed by atoms with E-state index in [4.69, 9.17) is 5.11 Å². The molecule has 114 valence electrons. The Hall–Kier alpha value is -1.89. The molecule has 7 heteroatoms. The van der Waals surface area contributed by atoms with Crippen LogP contribution in [0, 0.1) is 0 Å². The van der Waals surface area contributed by atoms with Crippen molar-refractivity contribution >= 4 is 21.9 Å². The largest absolute Gasteiger partial charge is 0.481 e. The number of rotatable bonds is 5. The van der Waals surface area contributed by atoms with Gasteiger partial charge in [0.25, 0.3) is 15.9 Å². The van der Waals surface area contributed by atoms with Gasteiger partial charge in [-0.25, -0.2) is 12.7 Å². The van der Waals surface area contributed by atoms with Crippen molar-refractivity contribution in [1.82, 2.24) is 4.31 Å². The van der Waals surface area contributed by atoms with Crippen molar-refractivity contribution in [3.05, 3.63) is 35.9 Å². The zero-order valence-electron chi connectivity index (χ0n) is 11.8. The van der Waals surface area contributed by atoms with Crippen molar-refractivity contribution in [2.75, 3.05) is 0 Å². The van der Waals surface area contributed by atoms with Crippen molar-refractivity contribution in [3.8, 4) is 0 Å². The van der Waals surface area contributed by atoms with E-state index in [0.29, 0.717) is 5.56 Å². The third-order valence-electron chi connectivity index (χ3n) is 3.72. The second kappa shape index (κ2) is 5.14. The summed E-state index contributed by atoms with van der Waals surface area (Å²) in [5, 5.41) is 8.83. The van der Waals surface area contributed by atoms with E-state index < -0.39 is 32.7 Å². The second-order valence-corrected chi connectivity index (χ2v) is 7.84. The Morgan fingerprint density at radius 1 is 1.29 bits per heavy atom. The van der Waals surface area contributed by atoms with Crippen molar-refractivity contribution < 1.29 is 23.1 Å². The Bertz CT molecular complexity index is 666. The number of benzene rings is 1. The van der Waals surface area contributed by atoms with Crippen LogP contribution < -0.4 is 0 Å². The quantitative estimate of drug-likeness (QED) is 0.890. The molecule has 0 radical (unpaired) electrons. The van der Waals surface area contributed by atoms with E-state index in [1.54, 1.807) is 30.3 Å². The minimum atomic E-state index is -3.75. The Kier molecular flexibility index (Phi) is 3.79. The highest BCUT2D eigenvalue weighted by molar-refractivity contribution is 7.94. The van der Waals surface area contributed by atoms with Gasteiger partial charge in [-0.3, -0.25) is 9.59 Å². The molecule has 0 spiro atoms. The molecule has 1 amide bonds. The molecule has 1 aromatic carbocycles. The molecule has 0 aromatic heterocycles. The summed E-state index contributed by atoms with van der Waals surface area (Å²) in [4.78, 5) is 22.9. The molecule has 1 heterocycles. The zero-order valence-corrected chi connectivity index (χ0v) is 12.6. The normalized spacial score (nSPS) is 20.7. The summed E-state index contributed by atoms with van der Waals surface area (Å²) in [6.45, 7) is 2.72. The van der Waals surface area contributed by atoms with E-state index in [1.165, 1.54) is 13.8 Å². The van der Waals surface area contributed by atoms with Crippen molar-refractivity contribution in [3.63, 3.8) is 0 Å². The van der Waals surface area contributed by atoms with Gasteiger partial charge in [0, 0.05) is 6.42 Å². The number of aliphatic carboxylic acids is 1. The van der Waals surface area contributed by atoms with Crippen molar-refractivity contribution in [2.45, 2.75) is 37.5 Å². The molecule has 1 aliphatic rings. The molecule has 1 unspecified atom stereocenters. The molecule has 2 rings (SSSR count). The summed E-state index contributed by atoms with van der Waals surface area (Å²) in [7, 11) is -3.75. The van der Waals surface area contributed by atoms with Crippen LogP contribution in [0.1, 0.15) is 38.3 Å². The second-order valence-electron chi connectivity index (χ2n) is 5.48. The van der Waals surface area contributed by atoms with Crippen LogP contribution in [-0.4, -0.2) is 34.5 Å². The average Bonchev–Trinajstić information content (AvgIpc) is 2.43. The van der Waals surface area contributed by atoms with Crippen LogP contribution in [0.3, 0.4) is 0 Å². The van der Waals surface area contributed by atoms with Gasteiger partial charge < -0.3 is 5.11 Å². The maximum Gasteiger partial charge on any atom is 0.303 e. The van der Waals surface area contributed by atoms with Crippen LogP contribution in [0.5, 0.6) is 0 Å². The van der Waals surface area contributed by atoms with Crippen LogP contribution in [0.2, 0.25) is 0 Å². The molecule has 1 saturated heterocycles. The SMILES string of the molecule is CC1(C)C(=O)N(C(CCC(=O)O)c2ccccc2)S1(=O)=O. The first-order valence-corrected chi connectivity index (χ1v) is 7.98. The topological polar surface area (TPSA) is 91.8 Å². The lowest BCUT2D eigenvalue weighted by Crippen LogP contribution is -2.67. The number of sulfonamides is 1. The predicted molar refractivity (Wildman–Crippen MR) is 75.9 cm³/mol. The molecule has 1 N–H and O–H groups in total. The summed E-state index contributed by atoms with van der Waals surface area (Å²) in [6, 6.07) is 7.85. The highest BCUT2D eigenvalue weighted by atomic mass is 32.2. The number of carboxylic acid groups (broad SMARTS) is 1. The van der Waals surface area contributed by atoms with Gasteiger partial charge in [0.2, 0.25) is 0 Å². The number of amides is 1. The molecule has 1 atom stereocenters. The fourth-order valence-electron chi connectivity index (χ4n) is 2.36. The van der Waals surface area contributed by atoms with E-state index in [2.05, 4.69) is 0 Å². The molecule has 1 fully saturated rings. The smallest absolute Gasteiger partial charge is 0.303 e. The van der Waals surface area contributed by atoms with Crippen LogP contribution in [0.4, 0.5) is 0 Å². The fraction of sp³-hybridized carbons (Fsp3) is 0.429. The molecular weight excluding hydrogens is 294 g/mol. The van der Waals surface area contributed by atoms with Gasteiger partial charge in [-0.15, -0.1) is 0 Å². The standard InChI is InChI=1S/C14H17NO5S/c1-14(2)13(18)15(21(14,19)20)11(8-9-12(16)17)10-6-4-3-5-7-10/h3-7,11H,8-9H2,1-2H3,(H,16,17). The van der Waals surface area contributed by atoms with Crippen LogP contribution in [0.15, 0.2) is 30.3 Å². The highest BCUT2D eigenvalue weighted by Gasteiger charge is 2.62. The molecule has 1 aromatic rings. The number of carboxylic acids is 1. The lowest BCUT2D eigenvalue weighted by Gasteiger charge is -2.47. The van der Waals surface area contributed by atoms with Gasteiger partial charge in [-0.05, 0) is 25.8 Å². The first-order valence-electron chi connectivity index (χ1n) is 6.54. The summed E-state index contributed by atoms with van der Waals surface area (Å²) in [5.74, 6) is -1.53. The maximum absolute atomic E-state index is 12.3. The molecule has 0 saturated carbocycles. The molecule has 1 aliphatic heterocycles. The van der Waals surface area contributed by atoms with Gasteiger partial charge in [-0.1, -0.05) is 30.3 Å². The van der Waals surface area contributed by atoms with Crippen LogP contribution >= 0.6 is 0 Å². The Morgan fingerprint density at radius 3 is 2.33 bits per heavy atom. The highest BCUT2D eigenvalue weighted by Crippen LogP contribution is 2.43. The minimum absolute atomic E-state index is 0.0559. The van der Waals surface area contributed by atoms with E-state index in [1.807, 2.05) is 0 Å². The average molecular weight is 311 g/mol. The summed E-state index contributed by atoms with van der Waals surface area (Å²) < 4.78 is 24.0. The predicted octanol–water partition coefficient (Wildman–Crippen LogP) is 1.54. The number of carbonyl (C=O) groups excluding carboxylic acids is 1. The van der Waals surface area contributed by atoms with E-state index in [-0.39, 0.29) is 12.8 Å². The van der Waals surface area contributed by atoms with Gasteiger partial charge >= 0.3 is 5.97 Å². The van der Waals surface area contributed by atoms with E-state index in [9.17, 15) is 18.0 Å². The molecule has 21 heavy (non-hydrogen) atoms. The lowest BCUT2D eigenvalue weighted by atomic mass is 10.0. The van der Waals surface area contributed by atoms with Gasteiger partial charge in [-0.2, -0.15) is 0 Å². The third kappa shape index (κ3) is 2.42. The first-order chi connectivity index (χ1) is 9.69. The van der Waals surface area contributed by atoms with Crippen molar-refractivity contribution in [2.24, 2.45) is 0 Å². The van der Waals surface area contributed by atoms with Crippen LogP contribution in [-0.2, 0) is 19.6 Å². The monoisotopic (exact) mass is 311 g/mol. The Morgan fingerprint density at radius 2 is 1.86 bits per heavy atom. The van der Waals surface area contributed by atoms with Gasteiger partial charge in [0.15, 0.2) is 4.75 Å². The Labute approximate surface area is 123 Å². The molecule has 6 nitrogen and oxygen atoms in total. The van der Waals surface area contributed by atoms with Crippen molar-refractivity contribution in [1.29, 1.82) is 0 Å². The lowest BCUT2D eigenvalue weighted by molar-refractivity contribution is -0.139. The molecular formula is C14H17NO5S. The number of hydrogen-bond acceptors (Lipinski definition) is 4. The van der Waals surface area contributed by atoms with E-state index >= 15 is 0 Å². The number of carbonyl (C=O) groups is 2. The van der Waals surface area contributed by atoms with E-state index in [0.717, 1.165) is 4.31 Å². The fourth-order valence-corrected chi connectivity index (χ4v) is 4.04. The minimum Gasteiger partial charge on any atom is -0.481 e. The summed E-state index contributed by atoms with van der Waals surface area (Å²) in [6.07, 6.45) is -0.153. The maximum atomic E-state index is 12.3. The first kappa shape index (κ1) is 15.5. The summed E-state index contributed by atoms with van der Waals surface area (Å²) in [5.41, 5.74) is 0.617. The zero-order chi connectivity index (χ0) is 15.8. The number of nitrogens with zero attached hydrogens (tertiary/aromatic N) is 1. The summed E-state index contributed by atoms with van der Waals surface area (Å²) >= 11 is 0. The third-order valence-corrected chi connectivity index (χ3v) is 6.12. The van der Waals surface area contributed by atoms with Gasteiger partial charge in [0.1, 0.15) is 0 Å². The number of hydrogen-bond donors (Lipinski definition) is 1. The van der Waals surface area contributed by atoms with Gasteiger partial charge in [0.05, 0.1) is 6.04 Å².